The minimum Gasteiger partial charge on any atom is -0.481 e. The number of likely N-dealkylation sites (tertiary alicyclic amines) is 1. The topological polar surface area (TPSA) is 87.5 Å². The first-order chi connectivity index (χ1) is 12.4. The Balaban J connectivity index is 1.61. The van der Waals surface area contributed by atoms with Crippen molar-refractivity contribution in [2.24, 2.45) is 11.8 Å². The molecule has 7 nitrogen and oxygen atoms in total. The SMILES string of the molecule is CC1CC(C(=O)O)CN(C(=O)NCc2ccc(-n3ccnc3)c(F)c2)C1. The first-order valence-corrected chi connectivity index (χ1v) is 8.46. The molecule has 138 valence electrons. The summed E-state index contributed by atoms with van der Waals surface area (Å²) in [5.41, 5.74) is 1.01. The molecule has 1 fully saturated rings. The number of rotatable bonds is 4. The number of carbonyl (C=O) groups is 2. The molecule has 2 atom stereocenters. The van der Waals surface area contributed by atoms with Gasteiger partial charge in [0.2, 0.25) is 0 Å². The lowest BCUT2D eigenvalue weighted by molar-refractivity contribution is -0.143. The van der Waals surface area contributed by atoms with Gasteiger partial charge >= 0.3 is 12.0 Å². The highest BCUT2D eigenvalue weighted by molar-refractivity contribution is 5.76. The van der Waals surface area contributed by atoms with E-state index in [0.717, 1.165) is 0 Å². The van der Waals surface area contributed by atoms with Crippen LogP contribution in [0.15, 0.2) is 36.9 Å². The van der Waals surface area contributed by atoms with Gasteiger partial charge < -0.3 is 19.9 Å². The number of urea groups is 1. The van der Waals surface area contributed by atoms with E-state index in [1.807, 2.05) is 6.92 Å². The molecule has 8 heteroatoms. The van der Waals surface area contributed by atoms with Crippen LogP contribution >= 0.6 is 0 Å². The number of nitrogens with one attached hydrogen (secondary N) is 1. The van der Waals surface area contributed by atoms with Crippen LogP contribution in [-0.4, -0.2) is 44.6 Å². The summed E-state index contributed by atoms with van der Waals surface area (Å²) in [7, 11) is 0. The van der Waals surface area contributed by atoms with E-state index in [2.05, 4.69) is 10.3 Å². The van der Waals surface area contributed by atoms with Crippen LogP contribution in [0.4, 0.5) is 9.18 Å². The average molecular weight is 360 g/mol. The van der Waals surface area contributed by atoms with Gasteiger partial charge in [-0.05, 0) is 30.0 Å². The van der Waals surface area contributed by atoms with Gasteiger partial charge in [-0.3, -0.25) is 4.79 Å². The number of nitrogens with zero attached hydrogens (tertiary/aromatic N) is 3. The molecule has 2 heterocycles. The van der Waals surface area contributed by atoms with Crippen LogP contribution in [0.25, 0.3) is 5.69 Å². The summed E-state index contributed by atoms with van der Waals surface area (Å²) < 4.78 is 15.8. The summed E-state index contributed by atoms with van der Waals surface area (Å²) in [4.78, 5) is 29.0. The van der Waals surface area contributed by atoms with Gasteiger partial charge in [0, 0.05) is 32.0 Å². The maximum atomic E-state index is 14.2. The van der Waals surface area contributed by atoms with E-state index in [4.69, 9.17) is 0 Å². The number of benzene rings is 1. The van der Waals surface area contributed by atoms with E-state index in [0.29, 0.717) is 24.2 Å². The van der Waals surface area contributed by atoms with Gasteiger partial charge in [0.15, 0.2) is 0 Å². The number of hydrogen-bond donors (Lipinski definition) is 2. The van der Waals surface area contributed by atoms with Crippen LogP contribution in [0.2, 0.25) is 0 Å². The molecule has 2 amide bonds. The third-order valence-electron chi connectivity index (χ3n) is 4.53. The molecule has 0 spiro atoms. The van der Waals surface area contributed by atoms with Crippen LogP contribution in [0, 0.1) is 17.7 Å². The second-order valence-corrected chi connectivity index (χ2v) is 6.70. The standard InChI is InChI=1S/C18H21FN4O3/c1-12-6-14(17(24)25)10-23(9-12)18(26)21-8-13-2-3-16(15(19)7-13)22-5-4-20-11-22/h2-5,7,11-12,14H,6,8-10H2,1H3,(H,21,26)(H,24,25). The van der Waals surface area contributed by atoms with Gasteiger partial charge in [-0.1, -0.05) is 13.0 Å². The van der Waals surface area contributed by atoms with Gasteiger partial charge in [0.25, 0.3) is 0 Å². The van der Waals surface area contributed by atoms with Crippen molar-refractivity contribution in [1.82, 2.24) is 19.8 Å². The van der Waals surface area contributed by atoms with Gasteiger partial charge in [-0.25, -0.2) is 14.2 Å². The summed E-state index contributed by atoms with van der Waals surface area (Å²) in [6.07, 6.45) is 5.30. The lowest BCUT2D eigenvalue weighted by atomic mass is 9.91. The van der Waals surface area contributed by atoms with Gasteiger partial charge in [-0.15, -0.1) is 0 Å². The first-order valence-electron chi connectivity index (χ1n) is 8.46. The fraction of sp³-hybridized carbons (Fsp3) is 0.389. The van der Waals surface area contributed by atoms with Gasteiger partial charge in [-0.2, -0.15) is 0 Å². The van der Waals surface area contributed by atoms with Gasteiger partial charge in [0.05, 0.1) is 17.9 Å². The average Bonchev–Trinajstić information content (AvgIpc) is 3.13. The van der Waals surface area contributed by atoms with E-state index in [1.54, 1.807) is 29.1 Å². The number of hydrogen-bond acceptors (Lipinski definition) is 3. The van der Waals surface area contributed by atoms with E-state index in [1.165, 1.54) is 17.3 Å². The highest BCUT2D eigenvalue weighted by Crippen LogP contribution is 2.22. The molecule has 2 N–H and O–H groups in total. The summed E-state index contributed by atoms with van der Waals surface area (Å²) >= 11 is 0. The molecule has 1 aromatic heterocycles. The largest absolute Gasteiger partial charge is 0.481 e. The second-order valence-electron chi connectivity index (χ2n) is 6.70. The fourth-order valence-electron chi connectivity index (χ4n) is 3.26. The summed E-state index contributed by atoms with van der Waals surface area (Å²) in [6.45, 7) is 2.81. The summed E-state index contributed by atoms with van der Waals surface area (Å²) in [6, 6.07) is 4.40. The van der Waals surface area contributed by atoms with E-state index in [9.17, 15) is 19.1 Å². The van der Waals surface area contributed by atoms with Crippen LogP contribution in [0.1, 0.15) is 18.9 Å². The monoisotopic (exact) mass is 360 g/mol. The smallest absolute Gasteiger partial charge is 0.317 e. The number of aromatic nitrogens is 2. The van der Waals surface area contributed by atoms with E-state index in [-0.39, 0.29) is 25.0 Å². The number of carboxylic acids is 1. The molecular formula is C18H21FN4O3. The Kier molecular flexibility index (Phi) is 5.20. The molecule has 1 saturated heterocycles. The molecule has 1 aliphatic heterocycles. The molecule has 3 rings (SSSR count). The molecule has 26 heavy (non-hydrogen) atoms. The van der Waals surface area contributed by atoms with Crippen LogP contribution < -0.4 is 5.32 Å². The zero-order valence-electron chi connectivity index (χ0n) is 14.4. The number of carbonyl (C=O) groups excluding carboxylic acids is 1. The quantitative estimate of drug-likeness (QED) is 0.876. The van der Waals surface area contributed by atoms with Crippen LogP contribution in [0.3, 0.4) is 0 Å². The first kappa shape index (κ1) is 17.9. The van der Waals surface area contributed by atoms with E-state index < -0.39 is 17.7 Å². The zero-order valence-corrected chi connectivity index (χ0v) is 14.4. The van der Waals surface area contributed by atoms with Crippen LogP contribution in [-0.2, 0) is 11.3 Å². The zero-order chi connectivity index (χ0) is 18.7. The maximum Gasteiger partial charge on any atom is 0.317 e. The highest BCUT2D eigenvalue weighted by atomic mass is 19.1. The van der Waals surface area contributed by atoms with Crippen molar-refractivity contribution < 1.29 is 19.1 Å². The summed E-state index contributed by atoms with van der Waals surface area (Å²) in [5.74, 6) is -1.71. The minimum atomic E-state index is -0.883. The lowest BCUT2D eigenvalue weighted by Gasteiger charge is -2.34. The Morgan fingerprint density at radius 1 is 1.38 bits per heavy atom. The Morgan fingerprint density at radius 3 is 2.85 bits per heavy atom. The molecule has 2 unspecified atom stereocenters. The number of aliphatic carboxylic acids is 1. The number of carboxylic acid groups (broad SMARTS) is 1. The van der Waals surface area contributed by atoms with Crippen LogP contribution in [0.5, 0.6) is 0 Å². The van der Waals surface area contributed by atoms with E-state index >= 15 is 0 Å². The molecule has 1 aromatic carbocycles. The Bertz CT molecular complexity index is 794. The number of imidazole rings is 1. The second kappa shape index (κ2) is 7.55. The molecule has 0 radical (unpaired) electrons. The van der Waals surface area contributed by atoms with Crippen molar-refractivity contribution in [2.75, 3.05) is 13.1 Å². The molecule has 0 saturated carbocycles. The maximum absolute atomic E-state index is 14.2. The lowest BCUT2D eigenvalue weighted by Crippen LogP contribution is -2.49. The molecule has 1 aliphatic rings. The van der Waals surface area contributed by atoms with Crippen molar-refractivity contribution in [3.63, 3.8) is 0 Å². The molecular weight excluding hydrogens is 339 g/mol. The third kappa shape index (κ3) is 4.01. The molecule has 0 bridgehead atoms. The number of amides is 2. The molecule has 2 aromatic rings. The van der Waals surface area contributed by atoms with Crippen molar-refractivity contribution in [3.8, 4) is 5.69 Å². The van der Waals surface area contributed by atoms with Crippen molar-refractivity contribution >= 4 is 12.0 Å². The molecule has 0 aliphatic carbocycles. The Labute approximate surface area is 150 Å². The predicted octanol–water partition coefficient (Wildman–Crippen LogP) is 2.26. The van der Waals surface area contributed by atoms with Crippen molar-refractivity contribution in [1.29, 1.82) is 0 Å². The Hall–Kier alpha value is -2.90. The highest BCUT2D eigenvalue weighted by Gasteiger charge is 2.31. The Morgan fingerprint density at radius 2 is 2.19 bits per heavy atom. The minimum absolute atomic E-state index is 0.127. The van der Waals surface area contributed by atoms with Crippen molar-refractivity contribution in [2.45, 2.75) is 19.9 Å². The third-order valence-corrected chi connectivity index (χ3v) is 4.53. The van der Waals surface area contributed by atoms with Gasteiger partial charge in [0.1, 0.15) is 5.82 Å². The number of halogens is 1. The normalized spacial score (nSPS) is 20.0. The predicted molar refractivity (Wildman–Crippen MR) is 92.2 cm³/mol. The summed E-state index contributed by atoms with van der Waals surface area (Å²) in [5, 5.41) is 11.9. The van der Waals surface area contributed by atoms with Crippen molar-refractivity contribution in [3.05, 3.63) is 48.3 Å². The fourth-order valence-corrected chi connectivity index (χ4v) is 3.26. The number of piperidine rings is 1.